The Balaban J connectivity index is 1.40. The molecule has 4 aromatic rings. The van der Waals surface area contributed by atoms with Crippen molar-refractivity contribution in [3.63, 3.8) is 0 Å². The van der Waals surface area contributed by atoms with E-state index < -0.39 is 5.97 Å². The molecule has 0 aliphatic heterocycles. The van der Waals surface area contributed by atoms with Crippen LogP contribution in [0.25, 0.3) is 11.5 Å². The highest BCUT2D eigenvalue weighted by atomic mass is 16.5. The number of methoxy groups -OCH3 is 3. The molecule has 0 bridgehead atoms. The van der Waals surface area contributed by atoms with Gasteiger partial charge in [0, 0.05) is 5.56 Å². The van der Waals surface area contributed by atoms with E-state index in [0.717, 1.165) is 5.56 Å². The zero-order valence-corrected chi connectivity index (χ0v) is 19.5. The Bertz CT molecular complexity index is 1260. The number of rotatable bonds is 10. The van der Waals surface area contributed by atoms with E-state index in [1.807, 2.05) is 30.3 Å². The molecule has 0 radical (unpaired) electrons. The summed E-state index contributed by atoms with van der Waals surface area (Å²) in [5.41, 5.74) is 1.94. The third kappa shape index (κ3) is 5.70. The maximum Gasteiger partial charge on any atom is 0.338 e. The maximum absolute atomic E-state index is 12.5. The molecule has 4 rings (SSSR count). The monoisotopic (exact) mass is 476 g/mol. The van der Waals surface area contributed by atoms with Crippen molar-refractivity contribution in [2.75, 3.05) is 21.3 Å². The van der Waals surface area contributed by atoms with Gasteiger partial charge in [-0.2, -0.15) is 0 Å². The van der Waals surface area contributed by atoms with Gasteiger partial charge in [0.2, 0.25) is 11.6 Å². The van der Waals surface area contributed by atoms with Gasteiger partial charge in [-0.15, -0.1) is 10.2 Å². The highest BCUT2D eigenvalue weighted by Gasteiger charge is 2.18. The van der Waals surface area contributed by atoms with E-state index in [4.69, 9.17) is 28.1 Å². The van der Waals surface area contributed by atoms with Crippen molar-refractivity contribution < 1.29 is 32.9 Å². The molecule has 0 unspecified atom stereocenters. The summed E-state index contributed by atoms with van der Waals surface area (Å²) >= 11 is 0. The number of aromatic nitrogens is 2. The zero-order chi connectivity index (χ0) is 24.6. The maximum atomic E-state index is 12.5. The van der Waals surface area contributed by atoms with Crippen molar-refractivity contribution in [2.24, 2.45) is 0 Å². The van der Waals surface area contributed by atoms with Gasteiger partial charge in [0.05, 0.1) is 26.9 Å². The number of hydrogen-bond donors (Lipinski definition) is 0. The minimum Gasteiger partial charge on any atom is -0.493 e. The summed E-state index contributed by atoms with van der Waals surface area (Å²) in [5, 5.41) is 7.99. The Kier molecular flexibility index (Phi) is 7.47. The van der Waals surface area contributed by atoms with Crippen LogP contribution in [0.4, 0.5) is 0 Å². The van der Waals surface area contributed by atoms with Gasteiger partial charge in [-0.3, -0.25) is 0 Å². The van der Waals surface area contributed by atoms with Crippen molar-refractivity contribution >= 4 is 5.97 Å². The van der Waals surface area contributed by atoms with Gasteiger partial charge in [0.1, 0.15) is 12.4 Å². The molecule has 9 nitrogen and oxygen atoms in total. The molecule has 0 aliphatic carbocycles. The van der Waals surface area contributed by atoms with Crippen LogP contribution >= 0.6 is 0 Å². The van der Waals surface area contributed by atoms with Crippen molar-refractivity contribution in [3.8, 4) is 34.5 Å². The van der Waals surface area contributed by atoms with E-state index in [1.54, 1.807) is 36.4 Å². The number of benzene rings is 3. The number of carbonyl (C=O) groups excluding carboxylic acids is 1. The van der Waals surface area contributed by atoms with E-state index >= 15 is 0 Å². The zero-order valence-electron chi connectivity index (χ0n) is 19.5. The second kappa shape index (κ2) is 11.1. The van der Waals surface area contributed by atoms with Crippen LogP contribution in [0.1, 0.15) is 21.8 Å². The second-order valence-corrected chi connectivity index (χ2v) is 7.29. The molecule has 3 aromatic carbocycles. The van der Waals surface area contributed by atoms with E-state index in [1.165, 1.54) is 21.3 Å². The molecule has 0 aliphatic rings. The second-order valence-electron chi connectivity index (χ2n) is 7.29. The van der Waals surface area contributed by atoms with Crippen LogP contribution in [-0.4, -0.2) is 37.5 Å². The first-order valence-corrected chi connectivity index (χ1v) is 10.7. The van der Waals surface area contributed by atoms with Gasteiger partial charge in [-0.25, -0.2) is 4.79 Å². The fourth-order valence-corrected chi connectivity index (χ4v) is 3.30. The lowest BCUT2D eigenvalue weighted by Gasteiger charge is -2.12. The van der Waals surface area contributed by atoms with Crippen LogP contribution in [0.5, 0.6) is 23.0 Å². The summed E-state index contributed by atoms with van der Waals surface area (Å²) in [6.45, 7) is 0.205. The van der Waals surface area contributed by atoms with Crippen LogP contribution in [0.2, 0.25) is 0 Å². The number of esters is 1. The number of carbonyl (C=O) groups is 1. The van der Waals surface area contributed by atoms with E-state index in [-0.39, 0.29) is 18.4 Å². The quantitative estimate of drug-likeness (QED) is 0.301. The van der Waals surface area contributed by atoms with E-state index in [9.17, 15) is 4.79 Å². The van der Waals surface area contributed by atoms with Crippen LogP contribution < -0.4 is 18.9 Å². The van der Waals surface area contributed by atoms with Crippen LogP contribution in [0, 0.1) is 0 Å². The van der Waals surface area contributed by atoms with E-state index in [0.29, 0.717) is 40.7 Å². The van der Waals surface area contributed by atoms with Crippen LogP contribution in [-0.2, 0) is 18.0 Å². The van der Waals surface area contributed by atoms with Crippen molar-refractivity contribution in [2.45, 2.75) is 13.2 Å². The first-order chi connectivity index (χ1) is 17.1. The molecule has 0 N–H and O–H groups in total. The molecular weight excluding hydrogens is 452 g/mol. The van der Waals surface area contributed by atoms with E-state index in [2.05, 4.69) is 10.2 Å². The van der Waals surface area contributed by atoms with Gasteiger partial charge in [-0.1, -0.05) is 36.4 Å². The summed E-state index contributed by atoms with van der Waals surface area (Å²) in [4.78, 5) is 12.5. The SMILES string of the molecule is COc1cc(-c2nnc(COC(=O)c3cccc(OCc4ccccc4)c3)o2)cc(OC)c1OC. The average Bonchev–Trinajstić information content (AvgIpc) is 3.39. The first kappa shape index (κ1) is 23.6. The summed E-state index contributed by atoms with van der Waals surface area (Å²) < 4.78 is 32.8. The molecule has 0 spiro atoms. The number of nitrogens with zero attached hydrogens (tertiary/aromatic N) is 2. The first-order valence-electron chi connectivity index (χ1n) is 10.7. The Morgan fingerprint density at radius 2 is 1.57 bits per heavy atom. The standard InChI is InChI=1S/C26H24N2O7/c1-30-21-13-19(14-22(31-2)24(21)32-3)25-28-27-23(35-25)16-34-26(29)18-10-7-11-20(12-18)33-15-17-8-5-4-6-9-17/h4-14H,15-16H2,1-3H3. The average molecular weight is 476 g/mol. The molecule has 0 saturated heterocycles. The van der Waals surface area contributed by atoms with Gasteiger partial charge in [0.15, 0.2) is 18.1 Å². The molecule has 9 heteroatoms. The Morgan fingerprint density at radius 1 is 0.829 bits per heavy atom. The largest absolute Gasteiger partial charge is 0.493 e. The summed E-state index contributed by atoms with van der Waals surface area (Å²) in [7, 11) is 4.55. The number of hydrogen-bond acceptors (Lipinski definition) is 9. The van der Waals surface area contributed by atoms with Crippen molar-refractivity contribution in [1.82, 2.24) is 10.2 Å². The summed E-state index contributed by atoms with van der Waals surface area (Å²) in [6.07, 6.45) is 0. The Morgan fingerprint density at radius 3 is 2.26 bits per heavy atom. The molecule has 180 valence electrons. The molecular formula is C26H24N2O7. The number of ether oxygens (including phenoxy) is 5. The van der Waals surface area contributed by atoms with Gasteiger partial charge >= 0.3 is 5.97 Å². The predicted octanol–water partition coefficient (Wildman–Crippen LogP) is 4.70. The molecule has 0 fully saturated rings. The lowest BCUT2D eigenvalue weighted by molar-refractivity contribution is 0.0438. The van der Waals surface area contributed by atoms with Crippen molar-refractivity contribution in [1.29, 1.82) is 0 Å². The van der Waals surface area contributed by atoms with Crippen LogP contribution in [0.15, 0.2) is 71.1 Å². The van der Waals surface area contributed by atoms with Crippen molar-refractivity contribution in [3.05, 3.63) is 83.7 Å². The Labute approximate surface area is 202 Å². The molecule has 1 aromatic heterocycles. The third-order valence-electron chi connectivity index (χ3n) is 5.02. The minimum atomic E-state index is -0.539. The minimum absolute atomic E-state index is 0.138. The molecule has 0 amide bonds. The highest BCUT2D eigenvalue weighted by Crippen LogP contribution is 2.40. The fraction of sp³-hybridized carbons (Fsp3) is 0.192. The third-order valence-corrected chi connectivity index (χ3v) is 5.02. The topological polar surface area (TPSA) is 102 Å². The normalized spacial score (nSPS) is 10.5. The molecule has 1 heterocycles. The van der Waals surface area contributed by atoms with Crippen LogP contribution in [0.3, 0.4) is 0 Å². The highest BCUT2D eigenvalue weighted by molar-refractivity contribution is 5.89. The molecule has 0 atom stereocenters. The smallest absolute Gasteiger partial charge is 0.338 e. The summed E-state index contributed by atoms with van der Waals surface area (Å²) in [6, 6.07) is 19.9. The van der Waals surface area contributed by atoms with Gasteiger partial charge in [0.25, 0.3) is 5.89 Å². The Hall–Kier alpha value is -4.53. The predicted molar refractivity (Wildman–Crippen MR) is 126 cm³/mol. The lowest BCUT2D eigenvalue weighted by Crippen LogP contribution is -2.06. The molecule has 35 heavy (non-hydrogen) atoms. The lowest BCUT2D eigenvalue weighted by atomic mass is 10.2. The van der Waals surface area contributed by atoms with Gasteiger partial charge in [-0.05, 0) is 35.9 Å². The molecule has 0 saturated carbocycles. The van der Waals surface area contributed by atoms with Gasteiger partial charge < -0.3 is 28.1 Å². The summed E-state index contributed by atoms with van der Waals surface area (Å²) in [5.74, 6) is 1.71. The fourth-order valence-electron chi connectivity index (χ4n) is 3.30.